The van der Waals surface area contributed by atoms with E-state index in [-0.39, 0.29) is 28.5 Å². The van der Waals surface area contributed by atoms with Crippen molar-refractivity contribution in [1.82, 2.24) is 9.21 Å². The number of amides is 1. The van der Waals surface area contributed by atoms with Crippen molar-refractivity contribution in [2.75, 3.05) is 12.3 Å². The molecule has 2 bridgehead atoms. The average molecular weight is 443 g/mol. The third kappa shape index (κ3) is 3.39. The molecule has 0 radical (unpaired) electrons. The van der Waals surface area contributed by atoms with Crippen LogP contribution in [0.15, 0.2) is 55.6 Å². The number of carbonyl (C=O) groups is 1. The van der Waals surface area contributed by atoms with Crippen LogP contribution in [-0.2, 0) is 21.4 Å². The van der Waals surface area contributed by atoms with Crippen LogP contribution >= 0.6 is 0 Å². The number of benzene rings is 1. The Morgan fingerprint density at radius 1 is 1.26 bits per heavy atom. The highest BCUT2D eigenvalue weighted by Gasteiger charge is 2.72. The lowest BCUT2D eigenvalue weighted by molar-refractivity contribution is -0.134. The minimum absolute atomic E-state index is 0.0570. The van der Waals surface area contributed by atoms with Gasteiger partial charge in [-0.2, -0.15) is 0 Å². The van der Waals surface area contributed by atoms with E-state index in [9.17, 15) is 13.2 Å². The van der Waals surface area contributed by atoms with E-state index in [0.29, 0.717) is 25.4 Å². The maximum atomic E-state index is 13.9. The molecule has 2 saturated carbocycles. The predicted octanol–water partition coefficient (Wildman–Crippen LogP) is 3.99. The number of rotatable bonds is 8. The molecule has 0 aromatic heterocycles. The van der Waals surface area contributed by atoms with Crippen molar-refractivity contribution in [2.45, 2.75) is 58.2 Å². The second-order valence-electron chi connectivity index (χ2n) is 10.00. The molecule has 6 heteroatoms. The van der Waals surface area contributed by atoms with Crippen molar-refractivity contribution in [3.8, 4) is 0 Å². The van der Waals surface area contributed by atoms with Gasteiger partial charge in [0.25, 0.3) is 5.91 Å². The summed E-state index contributed by atoms with van der Waals surface area (Å²) in [7, 11) is -3.65. The summed E-state index contributed by atoms with van der Waals surface area (Å²) < 4.78 is 28.0. The van der Waals surface area contributed by atoms with Gasteiger partial charge in [0.15, 0.2) is 0 Å². The predicted molar refractivity (Wildman–Crippen MR) is 124 cm³/mol. The van der Waals surface area contributed by atoms with Gasteiger partial charge in [-0.15, -0.1) is 13.2 Å². The van der Waals surface area contributed by atoms with Gasteiger partial charge < -0.3 is 0 Å². The van der Waals surface area contributed by atoms with Crippen molar-refractivity contribution in [1.29, 1.82) is 0 Å². The minimum atomic E-state index is -3.65. The molecule has 5 nitrogen and oxygen atoms in total. The lowest BCUT2D eigenvalue weighted by atomic mass is 9.69. The van der Waals surface area contributed by atoms with Crippen LogP contribution in [0.1, 0.15) is 45.1 Å². The number of hydrogen-bond donors (Lipinski definition) is 0. The normalized spacial score (nSPS) is 30.9. The molecule has 1 amide bonds. The summed E-state index contributed by atoms with van der Waals surface area (Å²) in [6.45, 7) is 13.2. The van der Waals surface area contributed by atoms with Crippen LogP contribution in [-0.4, -0.2) is 47.9 Å². The fourth-order valence-corrected chi connectivity index (χ4v) is 9.15. The van der Waals surface area contributed by atoms with Crippen molar-refractivity contribution in [3.05, 3.63) is 61.2 Å². The van der Waals surface area contributed by atoms with E-state index >= 15 is 0 Å². The summed E-state index contributed by atoms with van der Waals surface area (Å²) >= 11 is 0. The first-order chi connectivity index (χ1) is 14.7. The van der Waals surface area contributed by atoms with Crippen LogP contribution < -0.4 is 0 Å². The van der Waals surface area contributed by atoms with Gasteiger partial charge in [0.2, 0.25) is 10.0 Å². The van der Waals surface area contributed by atoms with Crippen molar-refractivity contribution in [3.63, 3.8) is 0 Å². The molecule has 1 heterocycles. The molecule has 1 spiro atoms. The van der Waals surface area contributed by atoms with Gasteiger partial charge in [-0.05, 0) is 42.6 Å². The van der Waals surface area contributed by atoms with Gasteiger partial charge in [-0.3, -0.25) is 9.69 Å². The second kappa shape index (κ2) is 7.89. The lowest BCUT2D eigenvalue weighted by Crippen LogP contribution is -2.52. The van der Waals surface area contributed by atoms with Gasteiger partial charge >= 0.3 is 0 Å². The monoisotopic (exact) mass is 442 g/mol. The Bertz CT molecular complexity index is 972. The molecule has 3 aliphatic rings. The molecular weight excluding hydrogens is 408 g/mol. The Kier molecular flexibility index (Phi) is 5.67. The number of fused-ring (bicyclic) bond motifs is 1. The van der Waals surface area contributed by atoms with E-state index in [1.807, 2.05) is 35.2 Å². The first kappa shape index (κ1) is 22.3. The summed E-state index contributed by atoms with van der Waals surface area (Å²) in [4.78, 5) is 15.9. The van der Waals surface area contributed by atoms with Gasteiger partial charge in [-0.25, -0.2) is 12.7 Å². The molecular formula is C25H34N2O3S. The third-order valence-electron chi connectivity index (χ3n) is 8.34. The fourth-order valence-electron chi connectivity index (χ4n) is 6.58. The Morgan fingerprint density at radius 3 is 2.58 bits per heavy atom. The van der Waals surface area contributed by atoms with Gasteiger partial charge in [0.05, 0.1) is 17.8 Å². The number of hydrogen-bond acceptors (Lipinski definition) is 4. The van der Waals surface area contributed by atoms with E-state index in [4.69, 9.17) is 0 Å². The molecule has 31 heavy (non-hydrogen) atoms. The largest absolute Gasteiger partial charge is 0.284 e. The lowest BCUT2D eigenvalue weighted by Gasteiger charge is -2.38. The van der Waals surface area contributed by atoms with Crippen LogP contribution in [0.3, 0.4) is 0 Å². The van der Waals surface area contributed by atoms with E-state index < -0.39 is 16.1 Å². The van der Waals surface area contributed by atoms with Crippen LogP contribution in [0.4, 0.5) is 0 Å². The number of nitrogens with zero attached hydrogens (tertiary/aromatic N) is 2. The Hall–Kier alpha value is -1.92. The molecule has 1 aromatic rings. The quantitative estimate of drug-likeness (QED) is 0.572. The van der Waals surface area contributed by atoms with Gasteiger partial charge in [0, 0.05) is 18.5 Å². The number of sulfonamides is 1. The first-order valence-electron chi connectivity index (χ1n) is 11.2. The van der Waals surface area contributed by atoms with Crippen LogP contribution in [0, 0.1) is 16.7 Å². The van der Waals surface area contributed by atoms with Crippen LogP contribution in [0.25, 0.3) is 0 Å². The second-order valence-corrected chi connectivity index (χ2v) is 11.8. The minimum Gasteiger partial charge on any atom is -0.284 e. The molecule has 1 aromatic carbocycles. The van der Waals surface area contributed by atoms with E-state index in [0.717, 1.165) is 24.8 Å². The summed E-state index contributed by atoms with van der Waals surface area (Å²) in [6, 6.07) is 9.14. The molecule has 3 fully saturated rings. The summed E-state index contributed by atoms with van der Waals surface area (Å²) in [5.74, 6) is 0.276. The first-order valence-corrected chi connectivity index (χ1v) is 12.8. The van der Waals surface area contributed by atoms with E-state index in [2.05, 4.69) is 27.0 Å². The molecule has 4 rings (SSSR count). The molecule has 168 valence electrons. The van der Waals surface area contributed by atoms with Crippen LogP contribution in [0.2, 0.25) is 0 Å². The standard InChI is InChI=1S/C25H34N2O3S/c1-5-10-21(26(15-6-2)17-19-11-8-7-9-12-19)23(28)27-22-16-20-13-14-25(22,24(20,3)4)18-31(27,29)30/h5-9,11-12,20-22H,1-2,10,13-18H2,3-4H3/t20-,21+,22-,25-/m0/s1. The van der Waals surface area contributed by atoms with Crippen molar-refractivity contribution >= 4 is 15.9 Å². The molecule has 1 aliphatic heterocycles. The summed E-state index contributed by atoms with van der Waals surface area (Å²) in [5.41, 5.74) is 0.708. The van der Waals surface area contributed by atoms with Crippen LogP contribution in [0.5, 0.6) is 0 Å². The number of carbonyl (C=O) groups excluding carboxylic acids is 1. The topological polar surface area (TPSA) is 57.7 Å². The zero-order chi connectivity index (χ0) is 22.4. The molecule has 0 unspecified atom stereocenters. The Labute approximate surface area is 186 Å². The maximum Gasteiger partial charge on any atom is 0.254 e. The molecule has 0 N–H and O–H groups in total. The fraction of sp³-hybridized carbons (Fsp3) is 0.560. The smallest absolute Gasteiger partial charge is 0.254 e. The van der Waals surface area contributed by atoms with Gasteiger partial charge in [-0.1, -0.05) is 56.3 Å². The highest BCUT2D eigenvalue weighted by molar-refractivity contribution is 7.90. The van der Waals surface area contributed by atoms with Crippen molar-refractivity contribution in [2.24, 2.45) is 16.7 Å². The molecule has 4 atom stereocenters. The SMILES string of the molecule is C=CC[C@H](C(=O)N1[C@H]2C[C@@H]3CC[C@@]2(CS1(=O)=O)C3(C)C)N(CC=C)Cc1ccccc1. The molecule has 2 aliphatic carbocycles. The van der Waals surface area contributed by atoms with Gasteiger partial charge in [0.1, 0.15) is 0 Å². The highest BCUT2D eigenvalue weighted by Crippen LogP contribution is 2.70. The average Bonchev–Trinajstić information content (AvgIpc) is 3.20. The summed E-state index contributed by atoms with van der Waals surface area (Å²) in [5, 5.41) is 0. The summed E-state index contributed by atoms with van der Waals surface area (Å²) in [6.07, 6.45) is 6.63. The zero-order valence-electron chi connectivity index (χ0n) is 18.7. The van der Waals surface area contributed by atoms with E-state index in [1.54, 1.807) is 12.2 Å². The van der Waals surface area contributed by atoms with E-state index in [1.165, 1.54) is 4.31 Å². The third-order valence-corrected chi connectivity index (χ3v) is 10.2. The highest BCUT2D eigenvalue weighted by atomic mass is 32.2. The Balaban J connectivity index is 1.67. The zero-order valence-corrected chi connectivity index (χ0v) is 19.5. The Morgan fingerprint density at radius 2 is 1.97 bits per heavy atom. The van der Waals surface area contributed by atoms with Crippen molar-refractivity contribution < 1.29 is 13.2 Å². The maximum absolute atomic E-state index is 13.9. The molecule has 1 saturated heterocycles.